The molecular formula is C14H31O3P. The Morgan fingerprint density at radius 2 is 1.22 bits per heavy atom. The van der Waals surface area contributed by atoms with Gasteiger partial charge in [0, 0.05) is 0 Å². The van der Waals surface area contributed by atoms with Crippen LogP contribution in [0.3, 0.4) is 0 Å². The quantitative estimate of drug-likeness (QED) is 0.563. The van der Waals surface area contributed by atoms with Crippen LogP contribution in [-0.2, 0) is 4.79 Å². The van der Waals surface area contributed by atoms with Crippen LogP contribution in [0.2, 0.25) is 0 Å². The van der Waals surface area contributed by atoms with Crippen LogP contribution < -0.4 is 0 Å². The van der Waals surface area contributed by atoms with E-state index in [0.717, 1.165) is 57.0 Å². The molecule has 0 aliphatic heterocycles. The van der Waals surface area contributed by atoms with Crippen molar-refractivity contribution in [3.05, 3.63) is 0 Å². The molecule has 0 bridgehead atoms. The van der Waals surface area contributed by atoms with Gasteiger partial charge in [-0.1, -0.05) is 0 Å². The minimum absolute atomic E-state index is 0.0194. The summed E-state index contributed by atoms with van der Waals surface area (Å²) in [5.74, 6) is -0.821. The van der Waals surface area contributed by atoms with E-state index in [1.807, 2.05) is 0 Å². The van der Waals surface area contributed by atoms with Gasteiger partial charge in [-0.05, 0) is 0 Å². The summed E-state index contributed by atoms with van der Waals surface area (Å²) in [6, 6.07) is 0. The molecule has 0 radical (unpaired) electrons. The fourth-order valence-corrected chi connectivity index (χ4v) is 7.84. The van der Waals surface area contributed by atoms with Gasteiger partial charge in [-0.2, -0.15) is 0 Å². The van der Waals surface area contributed by atoms with Crippen molar-refractivity contribution in [2.45, 2.75) is 59.3 Å². The molecule has 0 aromatic heterocycles. The van der Waals surface area contributed by atoms with E-state index in [-0.39, 0.29) is 6.16 Å². The molecule has 0 atom stereocenters. The van der Waals surface area contributed by atoms with Gasteiger partial charge in [0.15, 0.2) is 0 Å². The average Bonchev–Trinajstić information content (AvgIpc) is 2.32. The number of hydrogen-bond acceptors (Lipinski definition) is 2. The molecule has 0 saturated heterocycles. The van der Waals surface area contributed by atoms with E-state index >= 15 is 0 Å². The zero-order valence-corrected chi connectivity index (χ0v) is 13.2. The van der Waals surface area contributed by atoms with Crippen molar-refractivity contribution < 1.29 is 14.8 Å². The van der Waals surface area contributed by atoms with Crippen LogP contribution >= 0.6 is 6.83 Å². The summed E-state index contributed by atoms with van der Waals surface area (Å²) in [6.45, 7) is 3.29. The third kappa shape index (κ3) is 6.15. The summed E-state index contributed by atoms with van der Waals surface area (Å²) in [4.78, 5) is 22.5. The second-order valence-corrected chi connectivity index (χ2v) is 11.2. The Kier molecular flexibility index (Phi) is 8.05. The predicted molar refractivity (Wildman–Crippen MR) is 81.0 cm³/mol. The molecule has 0 aliphatic carbocycles. The van der Waals surface area contributed by atoms with E-state index in [9.17, 15) is 14.8 Å². The standard InChI is InChI=1S/C14H31O3P/c1-4-7-10-18(17,11-8-5-2,12-9-6-3)13-14(15)16/h17H,4-13H2,1-3H3,(H,15,16). The van der Waals surface area contributed by atoms with Crippen molar-refractivity contribution in [3.63, 3.8) is 0 Å². The predicted octanol–water partition coefficient (Wildman–Crippen LogP) is 3.93. The summed E-state index contributed by atoms with van der Waals surface area (Å²) in [7, 11) is 0. The van der Waals surface area contributed by atoms with Crippen LogP contribution in [0.15, 0.2) is 0 Å². The molecule has 0 aromatic rings. The molecule has 4 heteroatoms. The van der Waals surface area contributed by atoms with Crippen LogP contribution in [0.4, 0.5) is 0 Å². The van der Waals surface area contributed by atoms with Gasteiger partial charge in [0.1, 0.15) is 0 Å². The van der Waals surface area contributed by atoms with Crippen LogP contribution in [0.5, 0.6) is 0 Å². The van der Waals surface area contributed by atoms with Crippen molar-refractivity contribution in [3.8, 4) is 0 Å². The molecule has 0 aliphatic rings. The van der Waals surface area contributed by atoms with Gasteiger partial charge in [-0.15, -0.1) is 0 Å². The molecule has 18 heavy (non-hydrogen) atoms. The summed E-state index contributed by atoms with van der Waals surface area (Å²) >= 11 is 0. The van der Waals surface area contributed by atoms with Crippen LogP contribution in [0.25, 0.3) is 0 Å². The molecule has 2 N–H and O–H groups in total. The third-order valence-electron chi connectivity index (χ3n) is 3.80. The summed E-state index contributed by atoms with van der Waals surface area (Å²) in [5, 5.41) is 9.18. The van der Waals surface area contributed by atoms with E-state index in [4.69, 9.17) is 0 Å². The number of hydrogen-bond donors (Lipinski definition) is 2. The molecule has 0 fully saturated rings. The van der Waals surface area contributed by atoms with E-state index in [1.165, 1.54) is 0 Å². The second kappa shape index (κ2) is 8.12. The van der Waals surface area contributed by atoms with Crippen molar-refractivity contribution >= 4 is 12.8 Å². The summed E-state index contributed by atoms with van der Waals surface area (Å²) < 4.78 is 0. The fourth-order valence-electron chi connectivity index (χ4n) is 2.61. The maximum absolute atomic E-state index is 11.3. The Bertz CT molecular complexity index is 229. The fraction of sp³-hybridized carbons (Fsp3) is 0.929. The third-order valence-corrected chi connectivity index (χ3v) is 9.28. The Labute approximate surface area is 112 Å². The Hall–Kier alpha value is -0.140. The van der Waals surface area contributed by atoms with Crippen LogP contribution in [0.1, 0.15) is 59.3 Å². The van der Waals surface area contributed by atoms with Gasteiger partial charge >= 0.3 is 112 Å². The normalized spacial score (nSPS) is 14.1. The van der Waals surface area contributed by atoms with Gasteiger partial charge in [0.25, 0.3) is 0 Å². The molecule has 110 valence electrons. The van der Waals surface area contributed by atoms with Crippen molar-refractivity contribution in [2.75, 3.05) is 24.6 Å². The first-order chi connectivity index (χ1) is 8.40. The first kappa shape index (κ1) is 17.9. The Morgan fingerprint density at radius 1 is 0.889 bits per heavy atom. The van der Waals surface area contributed by atoms with Gasteiger partial charge in [-0.25, -0.2) is 0 Å². The van der Waals surface area contributed by atoms with Crippen LogP contribution in [0, 0.1) is 0 Å². The molecule has 0 aromatic carbocycles. The van der Waals surface area contributed by atoms with E-state index in [2.05, 4.69) is 20.8 Å². The topological polar surface area (TPSA) is 57.5 Å². The van der Waals surface area contributed by atoms with Crippen LogP contribution in [-0.4, -0.2) is 40.6 Å². The van der Waals surface area contributed by atoms with Gasteiger partial charge in [0.05, 0.1) is 0 Å². The first-order valence-electron chi connectivity index (χ1n) is 7.37. The zero-order chi connectivity index (χ0) is 14.1. The monoisotopic (exact) mass is 278 g/mol. The average molecular weight is 278 g/mol. The van der Waals surface area contributed by atoms with Gasteiger partial charge in [-0.3, -0.25) is 0 Å². The SMILES string of the molecule is CCCCP(O)(CCCC)(CCCC)CC(=O)O. The molecule has 0 amide bonds. The Morgan fingerprint density at radius 3 is 1.44 bits per heavy atom. The number of unbranched alkanes of at least 4 members (excludes halogenated alkanes) is 3. The number of carboxylic acids is 1. The van der Waals surface area contributed by atoms with Gasteiger partial charge in [0.2, 0.25) is 0 Å². The van der Waals surface area contributed by atoms with E-state index in [1.54, 1.807) is 0 Å². The Balaban J connectivity index is 5.00. The van der Waals surface area contributed by atoms with Crippen molar-refractivity contribution in [1.82, 2.24) is 0 Å². The zero-order valence-electron chi connectivity index (χ0n) is 12.3. The minimum atomic E-state index is -3.00. The summed E-state index contributed by atoms with van der Waals surface area (Å²) in [5.41, 5.74) is 0. The molecule has 0 saturated carbocycles. The number of carbonyl (C=O) groups is 1. The molecular weight excluding hydrogens is 247 g/mol. The summed E-state index contributed by atoms with van der Waals surface area (Å²) in [6.07, 6.45) is 8.19. The first-order valence-corrected chi connectivity index (χ1v) is 10.3. The number of carboxylic acid groups (broad SMARTS) is 1. The molecule has 0 rings (SSSR count). The van der Waals surface area contributed by atoms with Gasteiger partial charge < -0.3 is 0 Å². The number of rotatable bonds is 11. The maximum atomic E-state index is 11.3. The van der Waals surface area contributed by atoms with Crippen molar-refractivity contribution in [1.29, 1.82) is 0 Å². The molecule has 0 spiro atoms. The second-order valence-electron chi connectivity index (χ2n) is 5.69. The van der Waals surface area contributed by atoms with E-state index in [0.29, 0.717) is 0 Å². The van der Waals surface area contributed by atoms with Crippen molar-refractivity contribution in [2.24, 2.45) is 0 Å². The molecule has 0 heterocycles. The number of aliphatic carboxylic acids is 1. The molecule has 0 unspecified atom stereocenters. The molecule has 3 nitrogen and oxygen atoms in total. The van der Waals surface area contributed by atoms with E-state index < -0.39 is 12.8 Å².